The summed E-state index contributed by atoms with van der Waals surface area (Å²) in [6.45, 7) is 3.74. The molecule has 3 aromatic heterocycles. The van der Waals surface area contributed by atoms with Crippen molar-refractivity contribution < 1.29 is 18.8 Å². The van der Waals surface area contributed by atoms with Gasteiger partial charge in [0.25, 0.3) is 5.91 Å². The van der Waals surface area contributed by atoms with Crippen molar-refractivity contribution in [3.05, 3.63) is 65.9 Å². The zero-order chi connectivity index (χ0) is 33.4. The average molecular weight is 655 g/mol. The number of fused-ring (bicyclic) bond motifs is 1. The lowest BCUT2D eigenvalue weighted by molar-refractivity contribution is -0.120. The summed E-state index contributed by atoms with van der Waals surface area (Å²) in [4.78, 5) is 58.0. The van der Waals surface area contributed by atoms with E-state index in [1.165, 1.54) is 11.0 Å². The molecule has 1 aromatic carbocycles. The molecule has 3 fully saturated rings. The van der Waals surface area contributed by atoms with Crippen molar-refractivity contribution in [3.63, 3.8) is 0 Å². The SMILES string of the molecule is CN(C)C(=O)c1cc2cnc(Nc3ccc(N4CCN(Cc5ccc(N6CCC(=O)NC6=O)cc5F)CC4)cn3)nc2n1C1CCCC1. The molecule has 0 bridgehead atoms. The second-order valence-corrected chi connectivity index (χ2v) is 12.8. The van der Waals surface area contributed by atoms with Crippen LogP contribution in [0, 0.1) is 5.82 Å². The topological polar surface area (TPSA) is 132 Å². The number of carbonyl (C=O) groups excluding carboxylic acids is 3. The van der Waals surface area contributed by atoms with Crippen molar-refractivity contribution in [3.8, 4) is 0 Å². The lowest BCUT2D eigenvalue weighted by atomic mass is 10.1. The fourth-order valence-electron chi connectivity index (χ4n) is 6.80. The number of hydrogen-bond donors (Lipinski definition) is 2. The van der Waals surface area contributed by atoms with Gasteiger partial charge in [-0.2, -0.15) is 4.98 Å². The Labute approximate surface area is 277 Å². The van der Waals surface area contributed by atoms with E-state index in [-0.39, 0.29) is 36.6 Å². The van der Waals surface area contributed by atoms with Crippen LogP contribution in [-0.4, -0.2) is 94.0 Å². The lowest BCUT2D eigenvalue weighted by Gasteiger charge is -2.36. The number of halogens is 1. The van der Waals surface area contributed by atoms with Gasteiger partial charge in [0, 0.05) is 88.7 Å². The maximum Gasteiger partial charge on any atom is 0.328 e. The van der Waals surface area contributed by atoms with Gasteiger partial charge in [-0.25, -0.2) is 19.2 Å². The summed E-state index contributed by atoms with van der Waals surface area (Å²) in [5, 5.41) is 6.34. The molecule has 0 spiro atoms. The van der Waals surface area contributed by atoms with Crippen molar-refractivity contribution in [2.24, 2.45) is 0 Å². The van der Waals surface area contributed by atoms with Crippen LogP contribution < -0.4 is 20.4 Å². The van der Waals surface area contributed by atoms with E-state index in [0.29, 0.717) is 35.3 Å². The largest absolute Gasteiger partial charge is 0.368 e. The second kappa shape index (κ2) is 13.2. The first-order valence-electron chi connectivity index (χ1n) is 16.4. The summed E-state index contributed by atoms with van der Waals surface area (Å²) in [7, 11) is 3.53. The molecule has 14 heteroatoms. The number of piperazine rings is 1. The van der Waals surface area contributed by atoms with Gasteiger partial charge >= 0.3 is 6.03 Å². The summed E-state index contributed by atoms with van der Waals surface area (Å²) in [6.07, 6.45) is 8.10. The molecule has 1 aliphatic carbocycles. The molecule has 4 amide bonds. The van der Waals surface area contributed by atoms with Gasteiger partial charge in [-0.3, -0.25) is 24.7 Å². The maximum absolute atomic E-state index is 15.0. The van der Waals surface area contributed by atoms with Crippen LogP contribution >= 0.6 is 0 Å². The number of amides is 4. The van der Waals surface area contributed by atoms with Crippen molar-refractivity contribution in [2.75, 3.05) is 61.9 Å². The molecule has 5 heterocycles. The molecule has 2 saturated heterocycles. The molecular formula is C34H39FN10O3. The summed E-state index contributed by atoms with van der Waals surface area (Å²) in [5.41, 5.74) is 3.39. The van der Waals surface area contributed by atoms with E-state index < -0.39 is 6.03 Å². The molecule has 0 radical (unpaired) electrons. The van der Waals surface area contributed by atoms with Crippen molar-refractivity contribution >= 4 is 52.0 Å². The molecule has 250 valence electrons. The van der Waals surface area contributed by atoms with E-state index >= 15 is 4.39 Å². The number of aromatic nitrogens is 4. The molecule has 13 nitrogen and oxygen atoms in total. The normalized spacial score (nSPS) is 17.6. The van der Waals surface area contributed by atoms with Gasteiger partial charge in [0.2, 0.25) is 11.9 Å². The Morgan fingerprint density at radius 3 is 2.44 bits per heavy atom. The molecule has 7 rings (SSSR count). The first-order valence-corrected chi connectivity index (χ1v) is 16.4. The van der Waals surface area contributed by atoms with Crippen LogP contribution in [-0.2, 0) is 11.3 Å². The molecule has 48 heavy (non-hydrogen) atoms. The van der Waals surface area contributed by atoms with Crippen LogP contribution in [0.2, 0.25) is 0 Å². The van der Waals surface area contributed by atoms with E-state index in [1.807, 2.05) is 24.4 Å². The van der Waals surface area contributed by atoms with Crippen molar-refractivity contribution in [1.29, 1.82) is 0 Å². The Morgan fingerprint density at radius 2 is 1.75 bits per heavy atom. The Hall–Kier alpha value is -5.11. The molecule has 0 unspecified atom stereocenters. The first-order chi connectivity index (χ1) is 23.2. The fraction of sp³-hybridized carbons (Fsp3) is 0.412. The number of imide groups is 1. The third kappa shape index (κ3) is 6.39. The molecule has 2 aliphatic heterocycles. The van der Waals surface area contributed by atoms with Crippen molar-refractivity contribution in [1.82, 2.24) is 34.6 Å². The standard InChI is InChI=1S/C34H39FN10O3/c1-41(2)32(47)28-17-23-19-37-33(40-31(23)45(28)24-5-3-4-6-24)38-29-10-9-26(20-36-29)43-15-13-42(14-16-43)21-22-7-8-25(18-27(22)35)44-12-11-30(46)39-34(44)48/h7-10,17-20,24H,3-6,11-16,21H2,1-2H3,(H,39,46,48)(H,36,37,38,40). The van der Waals surface area contributed by atoms with Crippen LogP contribution in [0.5, 0.6) is 0 Å². The van der Waals surface area contributed by atoms with Gasteiger partial charge in [-0.1, -0.05) is 18.9 Å². The highest BCUT2D eigenvalue weighted by molar-refractivity contribution is 6.05. The zero-order valence-electron chi connectivity index (χ0n) is 27.2. The van der Waals surface area contributed by atoms with Gasteiger partial charge in [-0.15, -0.1) is 0 Å². The van der Waals surface area contributed by atoms with E-state index in [2.05, 4.69) is 35.0 Å². The first kappa shape index (κ1) is 31.5. The lowest BCUT2D eigenvalue weighted by Crippen LogP contribution is -2.49. The highest BCUT2D eigenvalue weighted by Gasteiger charge is 2.28. The van der Waals surface area contributed by atoms with Crippen LogP contribution in [0.15, 0.2) is 48.8 Å². The minimum atomic E-state index is -0.527. The van der Waals surface area contributed by atoms with Gasteiger partial charge in [0.15, 0.2) is 0 Å². The van der Waals surface area contributed by atoms with Gasteiger partial charge in [0.1, 0.15) is 23.0 Å². The van der Waals surface area contributed by atoms with E-state index in [1.54, 1.807) is 37.3 Å². The van der Waals surface area contributed by atoms with Crippen LogP contribution in [0.1, 0.15) is 54.2 Å². The Kier molecular flexibility index (Phi) is 8.65. The van der Waals surface area contributed by atoms with Crippen molar-refractivity contribution in [2.45, 2.75) is 44.7 Å². The van der Waals surface area contributed by atoms with Crippen LogP contribution in [0.3, 0.4) is 0 Å². The highest BCUT2D eigenvalue weighted by atomic mass is 19.1. The average Bonchev–Trinajstić information content (AvgIpc) is 3.74. The van der Waals surface area contributed by atoms with E-state index in [9.17, 15) is 14.4 Å². The number of urea groups is 1. The summed E-state index contributed by atoms with van der Waals surface area (Å²) in [5.74, 6) is 0.307. The Balaban J connectivity index is 0.969. The Morgan fingerprint density at radius 1 is 0.979 bits per heavy atom. The molecule has 0 atom stereocenters. The fourth-order valence-corrected chi connectivity index (χ4v) is 6.80. The summed E-state index contributed by atoms with van der Waals surface area (Å²) in [6, 6.07) is 10.3. The number of benzene rings is 1. The minimum Gasteiger partial charge on any atom is -0.368 e. The van der Waals surface area contributed by atoms with Gasteiger partial charge in [0.05, 0.1) is 11.9 Å². The minimum absolute atomic E-state index is 0.0429. The molecule has 4 aromatic rings. The molecular weight excluding hydrogens is 615 g/mol. The third-order valence-electron chi connectivity index (χ3n) is 9.41. The molecule has 1 saturated carbocycles. The third-order valence-corrected chi connectivity index (χ3v) is 9.41. The molecule has 2 N–H and O–H groups in total. The van der Waals surface area contributed by atoms with E-state index in [4.69, 9.17) is 4.98 Å². The number of carbonyl (C=O) groups is 3. The molecule has 3 aliphatic rings. The van der Waals surface area contributed by atoms with Crippen LogP contribution in [0.4, 0.5) is 32.3 Å². The zero-order valence-corrected chi connectivity index (χ0v) is 27.2. The maximum atomic E-state index is 15.0. The van der Waals surface area contributed by atoms with Crippen LogP contribution in [0.25, 0.3) is 11.0 Å². The van der Waals surface area contributed by atoms with E-state index in [0.717, 1.165) is 68.6 Å². The Bertz CT molecular complexity index is 1850. The van der Waals surface area contributed by atoms with Gasteiger partial charge < -0.3 is 19.7 Å². The number of anilines is 4. The predicted octanol–water partition coefficient (Wildman–Crippen LogP) is 4.29. The number of hydrogen-bond acceptors (Lipinski definition) is 9. The highest BCUT2D eigenvalue weighted by Crippen LogP contribution is 2.35. The second-order valence-electron chi connectivity index (χ2n) is 12.8. The smallest absolute Gasteiger partial charge is 0.328 e. The number of nitrogens with one attached hydrogen (secondary N) is 2. The number of nitrogens with zero attached hydrogens (tertiary/aromatic N) is 8. The monoisotopic (exact) mass is 654 g/mol. The predicted molar refractivity (Wildman–Crippen MR) is 180 cm³/mol. The quantitative estimate of drug-likeness (QED) is 0.286. The number of rotatable bonds is 8. The summed E-state index contributed by atoms with van der Waals surface area (Å²) >= 11 is 0. The number of pyridine rings is 1. The van der Waals surface area contributed by atoms with Gasteiger partial charge in [-0.05, 0) is 43.2 Å². The summed E-state index contributed by atoms with van der Waals surface area (Å²) < 4.78 is 17.1.